The molecule has 1 saturated carbocycles. The summed E-state index contributed by atoms with van der Waals surface area (Å²) in [6.45, 7) is 3.50. The number of aromatic nitrogens is 3. The van der Waals surface area contributed by atoms with Crippen molar-refractivity contribution in [3.63, 3.8) is 0 Å². The van der Waals surface area contributed by atoms with Crippen LogP contribution in [0, 0.1) is 0 Å². The van der Waals surface area contributed by atoms with Gasteiger partial charge in [-0.2, -0.15) is 0 Å². The molecule has 1 N–H and O–H groups in total. The van der Waals surface area contributed by atoms with Gasteiger partial charge in [-0.25, -0.2) is 9.97 Å². The Bertz CT molecular complexity index is 991. The minimum Gasteiger partial charge on any atom is -0.350 e. The summed E-state index contributed by atoms with van der Waals surface area (Å²) in [5.74, 6) is 0.708. The lowest BCUT2D eigenvalue weighted by molar-refractivity contribution is 0.0638. The van der Waals surface area contributed by atoms with Crippen LogP contribution in [0.15, 0.2) is 55.0 Å². The normalized spacial score (nSPS) is 14.4. The van der Waals surface area contributed by atoms with E-state index in [0.717, 1.165) is 30.5 Å². The van der Waals surface area contributed by atoms with E-state index in [-0.39, 0.29) is 5.91 Å². The number of hydrogen-bond acceptors (Lipinski definition) is 4. The van der Waals surface area contributed by atoms with Gasteiger partial charge in [-0.1, -0.05) is 49.6 Å². The molecule has 0 bridgehead atoms. The largest absolute Gasteiger partial charge is 0.350 e. The van der Waals surface area contributed by atoms with Crippen LogP contribution in [0.5, 0.6) is 0 Å². The van der Waals surface area contributed by atoms with Crippen LogP contribution < -0.4 is 5.32 Å². The van der Waals surface area contributed by atoms with Gasteiger partial charge in [0, 0.05) is 55.9 Å². The molecule has 0 aliphatic heterocycles. The Labute approximate surface area is 184 Å². The first-order valence-corrected chi connectivity index (χ1v) is 11.2. The number of amides is 1. The predicted molar refractivity (Wildman–Crippen MR) is 124 cm³/mol. The molecule has 4 rings (SSSR count). The molecule has 2 aromatic heterocycles. The first-order chi connectivity index (χ1) is 15.2. The van der Waals surface area contributed by atoms with Crippen molar-refractivity contribution < 1.29 is 4.79 Å². The summed E-state index contributed by atoms with van der Waals surface area (Å²) in [4.78, 5) is 24.2. The molecule has 0 spiro atoms. The van der Waals surface area contributed by atoms with E-state index in [1.807, 2.05) is 59.4 Å². The summed E-state index contributed by atoms with van der Waals surface area (Å²) >= 11 is 0. The average molecular weight is 418 g/mol. The minimum absolute atomic E-state index is 0.116. The van der Waals surface area contributed by atoms with Gasteiger partial charge < -0.3 is 14.8 Å². The fourth-order valence-corrected chi connectivity index (χ4v) is 4.39. The lowest BCUT2D eigenvalue weighted by Gasteiger charge is -2.33. The van der Waals surface area contributed by atoms with Crippen LogP contribution in [0.25, 0.3) is 11.1 Å². The maximum Gasteiger partial charge on any atom is 0.270 e. The molecule has 1 aromatic carbocycles. The summed E-state index contributed by atoms with van der Waals surface area (Å²) in [7, 11) is 1.93. The molecule has 0 unspecified atom stereocenters. The molecular weight excluding hydrogens is 386 g/mol. The van der Waals surface area contributed by atoms with Crippen LogP contribution in [0.1, 0.15) is 55.1 Å². The van der Waals surface area contributed by atoms with Gasteiger partial charge in [0.1, 0.15) is 5.69 Å². The standard InChI is InChI=1S/C25H31N5O/c1-3-30(22-12-8-5-9-13-22)24(31)23-14-20(18-29(23)2)21-16-27-25(28-17-21)26-15-19-10-6-4-7-11-19/h4,6-7,10-11,14,16-18,22H,3,5,8-9,12-13,15H2,1-2H3,(H,26,27,28). The lowest BCUT2D eigenvalue weighted by Crippen LogP contribution is -2.41. The van der Waals surface area contributed by atoms with Crippen LogP contribution in [-0.2, 0) is 13.6 Å². The highest BCUT2D eigenvalue weighted by Gasteiger charge is 2.26. The fraction of sp³-hybridized carbons (Fsp3) is 0.400. The zero-order chi connectivity index (χ0) is 21.6. The van der Waals surface area contributed by atoms with Crippen LogP contribution >= 0.6 is 0 Å². The zero-order valence-corrected chi connectivity index (χ0v) is 18.4. The number of carbonyl (C=O) groups excluding carboxylic acids is 1. The fourth-order valence-electron chi connectivity index (χ4n) is 4.39. The number of aryl methyl sites for hydroxylation is 1. The number of carbonyl (C=O) groups is 1. The first-order valence-electron chi connectivity index (χ1n) is 11.2. The van der Waals surface area contributed by atoms with Gasteiger partial charge in [0.05, 0.1) is 0 Å². The van der Waals surface area contributed by atoms with Crippen molar-refractivity contribution >= 4 is 11.9 Å². The SMILES string of the molecule is CCN(C(=O)c1cc(-c2cnc(NCc3ccccc3)nc2)cn1C)C1CCCCC1. The van der Waals surface area contributed by atoms with E-state index < -0.39 is 0 Å². The summed E-state index contributed by atoms with van der Waals surface area (Å²) in [5.41, 5.74) is 3.76. The molecule has 6 nitrogen and oxygen atoms in total. The van der Waals surface area contributed by atoms with E-state index >= 15 is 0 Å². The second-order valence-corrected chi connectivity index (χ2v) is 8.24. The average Bonchev–Trinajstić information content (AvgIpc) is 3.21. The molecule has 0 atom stereocenters. The monoisotopic (exact) mass is 417 g/mol. The molecule has 162 valence electrons. The van der Waals surface area contributed by atoms with Crippen LogP contribution in [0.4, 0.5) is 5.95 Å². The number of nitrogens with one attached hydrogen (secondary N) is 1. The van der Waals surface area contributed by atoms with Gasteiger partial charge in [-0.05, 0) is 31.4 Å². The molecular formula is C25H31N5O. The molecule has 0 radical (unpaired) electrons. The van der Waals surface area contributed by atoms with Gasteiger partial charge >= 0.3 is 0 Å². The van der Waals surface area contributed by atoms with Crippen molar-refractivity contribution in [3.8, 4) is 11.1 Å². The van der Waals surface area contributed by atoms with E-state index in [1.54, 1.807) is 0 Å². The Morgan fingerprint density at radius 1 is 1.10 bits per heavy atom. The Hall–Kier alpha value is -3.15. The maximum atomic E-state index is 13.3. The second-order valence-electron chi connectivity index (χ2n) is 8.24. The van der Waals surface area contributed by atoms with Crippen LogP contribution in [0.2, 0.25) is 0 Å². The summed E-state index contributed by atoms with van der Waals surface area (Å²) < 4.78 is 1.92. The Balaban J connectivity index is 1.45. The van der Waals surface area contributed by atoms with Crippen molar-refractivity contribution in [2.45, 2.75) is 51.6 Å². The van der Waals surface area contributed by atoms with Crippen molar-refractivity contribution in [2.75, 3.05) is 11.9 Å². The highest BCUT2D eigenvalue weighted by molar-refractivity contribution is 5.94. The van der Waals surface area contributed by atoms with Gasteiger partial charge in [0.2, 0.25) is 5.95 Å². The van der Waals surface area contributed by atoms with Crippen molar-refractivity contribution in [3.05, 3.63) is 66.2 Å². The van der Waals surface area contributed by atoms with Crippen molar-refractivity contribution in [1.29, 1.82) is 0 Å². The zero-order valence-electron chi connectivity index (χ0n) is 18.4. The molecule has 0 saturated heterocycles. The Morgan fingerprint density at radius 2 is 1.81 bits per heavy atom. The van der Waals surface area contributed by atoms with E-state index in [4.69, 9.17) is 0 Å². The van der Waals surface area contributed by atoms with Gasteiger partial charge in [0.25, 0.3) is 5.91 Å². The smallest absolute Gasteiger partial charge is 0.270 e. The third kappa shape index (κ3) is 4.95. The topological polar surface area (TPSA) is 63.1 Å². The van der Waals surface area contributed by atoms with Crippen LogP contribution in [-0.4, -0.2) is 37.9 Å². The third-order valence-corrected chi connectivity index (χ3v) is 6.12. The molecule has 1 aliphatic rings. The predicted octanol–water partition coefficient (Wildman–Crippen LogP) is 4.89. The van der Waals surface area contributed by atoms with Crippen molar-refractivity contribution in [2.24, 2.45) is 7.05 Å². The quantitative estimate of drug-likeness (QED) is 0.595. The van der Waals surface area contributed by atoms with Gasteiger partial charge in [0.15, 0.2) is 0 Å². The van der Waals surface area contributed by atoms with Crippen LogP contribution in [0.3, 0.4) is 0 Å². The number of hydrogen-bond donors (Lipinski definition) is 1. The molecule has 3 aromatic rings. The van der Waals surface area contributed by atoms with Crippen molar-refractivity contribution in [1.82, 2.24) is 19.4 Å². The maximum absolute atomic E-state index is 13.3. The third-order valence-electron chi connectivity index (χ3n) is 6.12. The molecule has 1 fully saturated rings. The van der Waals surface area contributed by atoms with E-state index in [9.17, 15) is 4.79 Å². The van der Waals surface area contributed by atoms with Gasteiger partial charge in [-0.15, -0.1) is 0 Å². The lowest BCUT2D eigenvalue weighted by atomic mass is 9.94. The molecule has 1 amide bonds. The minimum atomic E-state index is 0.116. The van der Waals surface area contributed by atoms with Gasteiger partial charge in [-0.3, -0.25) is 4.79 Å². The molecule has 1 aliphatic carbocycles. The van der Waals surface area contributed by atoms with E-state index in [1.165, 1.54) is 24.8 Å². The number of anilines is 1. The van der Waals surface area contributed by atoms with E-state index in [2.05, 4.69) is 34.3 Å². The highest BCUT2D eigenvalue weighted by Crippen LogP contribution is 2.26. The highest BCUT2D eigenvalue weighted by atomic mass is 16.2. The second kappa shape index (κ2) is 9.77. The summed E-state index contributed by atoms with van der Waals surface area (Å²) in [6.07, 6.45) is 11.5. The molecule has 6 heteroatoms. The first kappa shape index (κ1) is 21.1. The molecule has 2 heterocycles. The number of benzene rings is 1. The van der Waals surface area contributed by atoms with E-state index in [0.29, 0.717) is 24.2 Å². The summed E-state index contributed by atoms with van der Waals surface area (Å²) in [6, 6.07) is 12.5. The molecule has 31 heavy (non-hydrogen) atoms. The summed E-state index contributed by atoms with van der Waals surface area (Å²) in [5, 5.41) is 3.25. The Morgan fingerprint density at radius 3 is 2.48 bits per heavy atom. The number of rotatable bonds is 7. The Kier molecular flexibility index (Phi) is 6.65. The number of nitrogens with zero attached hydrogens (tertiary/aromatic N) is 4.